The Morgan fingerprint density at radius 3 is 2.70 bits per heavy atom. The van der Waals surface area contributed by atoms with E-state index in [4.69, 9.17) is 11.6 Å². The minimum Gasteiger partial charge on any atom is -0.287 e. The second-order valence-electron chi connectivity index (χ2n) is 4.66. The number of halogens is 1. The maximum Gasteiger partial charge on any atom is 0.227 e. The molecule has 2 aromatic heterocycles. The molecule has 1 aromatic carbocycles. The molecule has 0 spiro atoms. The lowest BCUT2D eigenvalue weighted by atomic mass is 10.1. The van der Waals surface area contributed by atoms with Gasteiger partial charge >= 0.3 is 0 Å². The third-order valence-electron chi connectivity index (χ3n) is 3.37. The molecule has 0 saturated heterocycles. The monoisotopic (exact) mass is 302 g/mol. The van der Waals surface area contributed by atoms with Crippen LogP contribution in [0.5, 0.6) is 0 Å². The summed E-state index contributed by atoms with van der Waals surface area (Å²) in [7, 11) is 0. The molecule has 2 heterocycles. The maximum atomic E-state index is 12.3. The van der Waals surface area contributed by atoms with Crippen molar-refractivity contribution in [1.82, 2.24) is 0 Å². The number of aryl methyl sites for hydroxylation is 1. The Balaban J connectivity index is 1.90. The van der Waals surface area contributed by atoms with Crippen molar-refractivity contribution in [2.24, 2.45) is 0 Å². The van der Waals surface area contributed by atoms with Crippen LogP contribution in [0.25, 0.3) is 10.1 Å². The van der Waals surface area contributed by atoms with Gasteiger partial charge in [-0.25, -0.2) is 0 Å². The summed E-state index contributed by atoms with van der Waals surface area (Å²) in [4.78, 5) is 12.3. The summed E-state index contributed by atoms with van der Waals surface area (Å²) in [5.41, 5.74) is 1.81. The molecule has 4 heteroatoms. The summed E-state index contributed by atoms with van der Waals surface area (Å²) in [6.45, 7) is 2.40. The van der Waals surface area contributed by atoms with E-state index in [2.05, 4.69) is 11.4 Å². The molecule has 0 atom stereocenters. The van der Waals surface area contributed by atoms with Crippen LogP contribution in [-0.2, 0) is 6.54 Å². The molecule has 3 rings (SSSR count). The van der Waals surface area contributed by atoms with Gasteiger partial charge in [0.2, 0.25) is 12.3 Å². The number of pyridine rings is 1. The van der Waals surface area contributed by atoms with Gasteiger partial charge < -0.3 is 0 Å². The highest BCUT2D eigenvalue weighted by Crippen LogP contribution is 2.21. The zero-order valence-corrected chi connectivity index (χ0v) is 12.5. The molecule has 100 valence electrons. The first-order chi connectivity index (χ1) is 9.65. The quantitative estimate of drug-likeness (QED) is 0.528. The number of hydrogen-bond donors (Lipinski definition) is 0. The molecule has 0 aliphatic rings. The normalized spacial score (nSPS) is 10.9. The Kier molecular flexibility index (Phi) is 3.55. The van der Waals surface area contributed by atoms with E-state index in [-0.39, 0.29) is 5.78 Å². The van der Waals surface area contributed by atoms with E-state index in [0.29, 0.717) is 17.1 Å². The molecule has 0 radical (unpaired) electrons. The van der Waals surface area contributed by atoms with Crippen LogP contribution in [0.4, 0.5) is 0 Å². The van der Waals surface area contributed by atoms with E-state index in [9.17, 15) is 4.79 Å². The zero-order chi connectivity index (χ0) is 14.1. The summed E-state index contributed by atoms with van der Waals surface area (Å²) < 4.78 is 3.23. The Bertz CT molecular complexity index is 777. The van der Waals surface area contributed by atoms with Crippen LogP contribution in [0.1, 0.15) is 16.1 Å². The van der Waals surface area contributed by atoms with Crippen molar-refractivity contribution in [3.8, 4) is 0 Å². The summed E-state index contributed by atoms with van der Waals surface area (Å²) in [6.07, 6.45) is 1.97. The average Bonchev–Trinajstić information content (AvgIpc) is 2.92. The van der Waals surface area contributed by atoms with Gasteiger partial charge in [-0.15, -0.1) is 11.3 Å². The molecule has 0 N–H and O–H groups in total. The van der Waals surface area contributed by atoms with Crippen molar-refractivity contribution < 1.29 is 9.36 Å². The summed E-state index contributed by atoms with van der Waals surface area (Å²) >= 11 is 7.54. The van der Waals surface area contributed by atoms with Crippen LogP contribution in [0.2, 0.25) is 5.02 Å². The van der Waals surface area contributed by atoms with Crippen LogP contribution >= 0.6 is 22.9 Å². The first-order valence-electron chi connectivity index (χ1n) is 6.30. The number of benzene rings is 1. The molecule has 0 saturated carbocycles. The van der Waals surface area contributed by atoms with Gasteiger partial charge in [-0.3, -0.25) is 4.79 Å². The van der Waals surface area contributed by atoms with Crippen molar-refractivity contribution >= 4 is 38.8 Å². The van der Waals surface area contributed by atoms with Crippen LogP contribution in [0.15, 0.2) is 48.0 Å². The first kappa shape index (κ1) is 13.3. The van der Waals surface area contributed by atoms with Gasteiger partial charge in [0.1, 0.15) is 4.70 Å². The number of thiophene rings is 1. The largest absolute Gasteiger partial charge is 0.287 e. The van der Waals surface area contributed by atoms with Gasteiger partial charge in [-0.1, -0.05) is 11.6 Å². The topological polar surface area (TPSA) is 20.9 Å². The number of rotatable bonds is 3. The fraction of sp³-hybridized carbons (Fsp3) is 0.125. The van der Waals surface area contributed by atoms with Crippen LogP contribution in [-0.4, -0.2) is 5.78 Å². The third kappa shape index (κ3) is 2.47. The lowest BCUT2D eigenvalue weighted by Gasteiger charge is -2.02. The van der Waals surface area contributed by atoms with Crippen LogP contribution < -0.4 is 4.57 Å². The van der Waals surface area contributed by atoms with Crippen molar-refractivity contribution in [2.75, 3.05) is 0 Å². The molecule has 0 amide bonds. The van der Waals surface area contributed by atoms with Crippen molar-refractivity contribution in [2.45, 2.75) is 13.5 Å². The van der Waals surface area contributed by atoms with E-state index in [1.54, 1.807) is 35.6 Å². The Morgan fingerprint density at radius 2 is 1.95 bits per heavy atom. The maximum absolute atomic E-state index is 12.3. The lowest BCUT2D eigenvalue weighted by molar-refractivity contribution is -0.687. The molecular formula is C16H13ClNOS+. The Hall–Kier alpha value is -1.71. The second-order valence-corrected chi connectivity index (χ2v) is 6.02. The first-order valence-corrected chi connectivity index (χ1v) is 7.56. The Labute approximate surface area is 126 Å². The van der Waals surface area contributed by atoms with Gasteiger partial charge in [0.15, 0.2) is 11.9 Å². The zero-order valence-electron chi connectivity index (χ0n) is 11.0. The van der Waals surface area contributed by atoms with Gasteiger partial charge in [0.05, 0.1) is 0 Å². The number of carbonyl (C=O) groups is 1. The van der Waals surface area contributed by atoms with Gasteiger partial charge in [-0.05, 0) is 35.7 Å². The van der Waals surface area contributed by atoms with E-state index in [0.717, 1.165) is 5.69 Å². The molecule has 0 fully saturated rings. The lowest BCUT2D eigenvalue weighted by Crippen LogP contribution is -2.40. The van der Waals surface area contributed by atoms with E-state index < -0.39 is 0 Å². The predicted molar refractivity (Wildman–Crippen MR) is 82.5 cm³/mol. The van der Waals surface area contributed by atoms with E-state index >= 15 is 0 Å². The number of Topliss-reactive ketones (excluding diaryl/α,β-unsaturated/α-hetero) is 1. The Morgan fingerprint density at radius 1 is 1.20 bits per heavy atom. The minimum absolute atomic E-state index is 0.0886. The molecule has 0 aliphatic carbocycles. The standard InChI is InChI=1S/C16H13ClNOS/c1-11-16-13(7-9-20-16)6-8-18(11)10-15(19)12-2-4-14(17)5-3-12/h2-9H,10H2,1H3/q+1. The molecule has 20 heavy (non-hydrogen) atoms. The highest BCUT2D eigenvalue weighted by atomic mass is 35.5. The second kappa shape index (κ2) is 5.35. The van der Waals surface area contributed by atoms with Gasteiger partial charge in [0, 0.05) is 29.0 Å². The van der Waals surface area contributed by atoms with Crippen LogP contribution in [0.3, 0.4) is 0 Å². The van der Waals surface area contributed by atoms with Crippen molar-refractivity contribution in [3.05, 3.63) is 64.3 Å². The molecular weight excluding hydrogens is 290 g/mol. The molecule has 0 unspecified atom stereocenters. The highest BCUT2D eigenvalue weighted by molar-refractivity contribution is 7.17. The summed E-state index contributed by atoms with van der Waals surface area (Å²) in [6, 6.07) is 11.2. The predicted octanol–water partition coefficient (Wildman–Crippen LogP) is 4.03. The number of fused-ring (bicyclic) bond motifs is 1. The van der Waals surface area contributed by atoms with E-state index in [1.807, 2.05) is 23.8 Å². The number of aromatic nitrogens is 1. The fourth-order valence-corrected chi connectivity index (χ4v) is 3.25. The van der Waals surface area contributed by atoms with Crippen molar-refractivity contribution in [1.29, 1.82) is 0 Å². The number of nitrogens with zero attached hydrogens (tertiary/aromatic N) is 1. The molecule has 2 nitrogen and oxygen atoms in total. The fourth-order valence-electron chi connectivity index (χ4n) is 2.21. The highest BCUT2D eigenvalue weighted by Gasteiger charge is 2.17. The SMILES string of the molecule is Cc1c2sccc2cc[n+]1CC(=O)c1ccc(Cl)cc1. The van der Waals surface area contributed by atoms with E-state index in [1.165, 1.54) is 10.1 Å². The smallest absolute Gasteiger partial charge is 0.227 e. The summed E-state index contributed by atoms with van der Waals surface area (Å²) in [5.74, 6) is 0.0886. The minimum atomic E-state index is 0.0886. The molecule has 0 aliphatic heterocycles. The number of carbonyl (C=O) groups excluding carboxylic acids is 1. The summed E-state index contributed by atoms with van der Waals surface area (Å²) in [5, 5.41) is 3.94. The average molecular weight is 303 g/mol. The molecule has 3 aromatic rings. The molecule has 0 bridgehead atoms. The number of hydrogen-bond acceptors (Lipinski definition) is 2. The van der Waals surface area contributed by atoms with Gasteiger partial charge in [-0.2, -0.15) is 4.57 Å². The van der Waals surface area contributed by atoms with Gasteiger partial charge in [0.25, 0.3) is 0 Å². The van der Waals surface area contributed by atoms with Crippen LogP contribution in [0, 0.1) is 6.92 Å². The third-order valence-corrected chi connectivity index (χ3v) is 4.66. The number of ketones is 1. The van der Waals surface area contributed by atoms with Crippen molar-refractivity contribution in [3.63, 3.8) is 0 Å².